The molecule has 0 aromatic heterocycles. The van der Waals surface area contributed by atoms with E-state index < -0.39 is 12.1 Å². The molecule has 1 aliphatic rings. The Hall–Kier alpha value is -0.610. The summed E-state index contributed by atoms with van der Waals surface area (Å²) in [4.78, 5) is 13.4. The third kappa shape index (κ3) is 2.45. The van der Waals surface area contributed by atoms with Crippen LogP contribution in [0.25, 0.3) is 0 Å². The average molecular weight is 200 g/mol. The molecule has 1 heterocycles. The van der Waals surface area contributed by atoms with Crippen LogP contribution in [0.4, 0.5) is 0 Å². The summed E-state index contributed by atoms with van der Waals surface area (Å²) in [7, 11) is 0. The summed E-state index contributed by atoms with van der Waals surface area (Å²) < 4.78 is 0. The zero-order valence-corrected chi connectivity index (χ0v) is 8.94. The standard InChI is InChI=1S/C10H20N2O2/c1-7(11)10(14)12-6-4-3-5-9(12)8(2)13/h7-9,13H,3-6,11H2,1-2H3/t7-,8+,9-/m0/s1. The summed E-state index contributed by atoms with van der Waals surface area (Å²) in [5, 5.41) is 9.54. The van der Waals surface area contributed by atoms with E-state index in [9.17, 15) is 9.90 Å². The van der Waals surface area contributed by atoms with Crippen molar-refractivity contribution in [3.63, 3.8) is 0 Å². The van der Waals surface area contributed by atoms with Crippen LogP contribution in [0.2, 0.25) is 0 Å². The van der Waals surface area contributed by atoms with Crippen molar-refractivity contribution in [2.75, 3.05) is 6.54 Å². The maximum Gasteiger partial charge on any atom is 0.239 e. The second-order valence-electron chi connectivity index (χ2n) is 4.12. The Labute approximate surface area is 85.1 Å². The second kappa shape index (κ2) is 4.75. The van der Waals surface area contributed by atoms with Gasteiger partial charge in [-0.3, -0.25) is 4.79 Å². The third-order valence-electron chi connectivity index (χ3n) is 2.78. The summed E-state index contributed by atoms with van der Waals surface area (Å²) >= 11 is 0. The monoisotopic (exact) mass is 200 g/mol. The van der Waals surface area contributed by atoms with Crippen LogP contribution in [-0.4, -0.2) is 40.6 Å². The number of amides is 1. The summed E-state index contributed by atoms with van der Waals surface area (Å²) in [6, 6.07) is -0.503. The normalized spacial score (nSPS) is 27.1. The Bertz CT molecular complexity index is 204. The highest BCUT2D eigenvalue weighted by Gasteiger charge is 2.30. The number of nitrogens with two attached hydrogens (primary N) is 1. The molecule has 1 saturated heterocycles. The predicted molar refractivity (Wildman–Crippen MR) is 54.7 cm³/mol. The number of rotatable bonds is 2. The van der Waals surface area contributed by atoms with Gasteiger partial charge in [0.2, 0.25) is 5.91 Å². The molecule has 0 radical (unpaired) electrons. The Balaban J connectivity index is 2.67. The lowest BCUT2D eigenvalue weighted by molar-refractivity contribution is -0.138. The van der Waals surface area contributed by atoms with Gasteiger partial charge >= 0.3 is 0 Å². The zero-order valence-electron chi connectivity index (χ0n) is 8.94. The van der Waals surface area contributed by atoms with Gasteiger partial charge in [-0.05, 0) is 33.1 Å². The van der Waals surface area contributed by atoms with E-state index in [-0.39, 0.29) is 11.9 Å². The second-order valence-corrected chi connectivity index (χ2v) is 4.12. The number of hydrogen-bond acceptors (Lipinski definition) is 3. The van der Waals surface area contributed by atoms with Crippen molar-refractivity contribution in [1.29, 1.82) is 0 Å². The van der Waals surface area contributed by atoms with Crippen molar-refractivity contribution >= 4 is 5.91 Å². The molecule has 4 nitrogen and oxygen atoms in total. The molecule has 0 aliphatic carbocycles. The molecule has 0 unspecified atom stereocenters. The van der Waals surface area contributed by atoms with Gasteiger partial charge in [0.05, 0.1) is 18.2 Å². The molecule has 0 aromatic rings. The Kier molecular flexibility index (Phi) is 3.89. The SMILES string of the molecule is C[C@H](N)C(=O)N1CCCC[C@H]1[C@@H](C)O. The molecule has 0 bridgehead atoms. The lowest BCUT2D eigenvalue weighted by Crippen LogP contribution is -2.53. The van der Waals surface area contributed by atoms with Crippen molar-refractivity contribution in [2.24, 2.45) is 5.73 Å². The summed E-state index contributed by atoms with van der Waals surface area (Å²) in [6.45, 7) is 4.16. The van der Waals surface area contributed by atoms with Gasteiger partial charge in [-0.2, -0.15) is 0 Å². The van der Waals surface area contributed by atoms with Crippen molar-refractivity contribution < 1.29 is 9.90 Å². The van der Waals surface area contributed by atoms with E-state index in [0.717, 1.165) is 25.8 Å². The molecule has 0 spiro atoms. The Morgan fingerprint density at radius 1 is 1.50 bits per heavy atom. The van der Waals surface area contributed by atoms with Crippen LogP contribution in [0.1, 0.15) is 33.1 Å². The number of carbonyl (C=O) groups is 1. The van der Waals surface area contributed by atoms with Crippen molar-refractivity contribution in [2.45, 2.75) is 51.3 Å². The van der Waals surface area contributed by atoms with Crippen LogP contribution in [0.3, 0.4) is 0 Å². The fourth-order valence-electron chi connectivity index (χ4n) is 1.99. The maximum atomic E-state index is 11.7. The number of piperidine rings is 1. The molecular formula is C10H20N2O2. The molecule has 1 amide bonds. The topological polar surface area (TPSA) is 66.6 Å². The highest BCUT2D eigenvalue weighted by atomic mass is 16.3. The van der Waals surface area contributed by atoms with E-state index in [0.29, 0.717) is 0 Å². The molecule has 0 saturated carbocycles. The van der Waals surface area contributed by atoms with E-state index in [2.05, 4.69) is 0 Å². The van der Waals surface area contributed by atoms with Crippen LogP contribution in [0.5, 0.6) is 0 Å². The highest BCUT2D eigenvalue weighted by molar-refractivity contribution is 5.81. The third-order valence-corrected chi connectivity index (χ3v) is 2.78. The first-order valence-electron chi connectivity index (χ1n) is 5.28. The average Bonchev–Trinajstić information content (AvgIpc) is 2.16. The van der Waals surface area contributed by atoms with Crippen molar-refractivity contribution in [3.8, 4) is 0 Å². The number of aliphatic hydroxyl groups is 1. The first-order chi connectivity index (χ1) is 6.54. The van der Waals surface area contributed by atoms with E-state index in [1.807, 2.05) is 0 Å². The van der Waals surface area contributed by atoms with Crippen LogP contribution < -0.4 is 5.73 Å². The molecule has 3 atom stereocenters. The lowest BCUT2D eigenvalue weighted by Gasteiger charge is -2.38. The maximum absolute atomic E-state index is 11.7. The number of aliphatic hydroxyl groups excluding tert-OH is 1. The van der Waals surface area contributed by atoms with E-state index in [4.69, 9.17) is 5.73 Å². The van der Waals surface area contributed by atoms with Gasteiger partial charge in [0.25, 0.3) is 0 Å². The zero-order chi connectivity index (χ0) is 10.7. The number of hydrogen-bond donors (Lipinski definition) is 2. The smallest absolute Gasteiger partial charge is 0.239 e. The molecule has 4 heteroatoms. The number of nitrogens with zero attached hydrogens (tertiary/aromatic N) is 1. The highest BCUT2D eigenvalue weighted by Crippen LogP contribution is 2.20. The fraction of sp³-hybridized carbons (Fsp3) is 0.900. The van der Waals surface area contributed by atoms with Crippen LogP contribution >= 0.6 is 0 Å². The van der Waals surface area contributed by atoms with Crippen molar-refractivity contribution in [3.05, 3.63) is 0 Å². The minimum Gasteiger partial charge on any atom is -0.391 e. The quantitative estimate of drug-likeness (QED) is 0.664. The largest absolute Gasteiger partial charge is 0.391 e. The summed E-state index contributed by atoms with van der Waals surface area (Å²) in [5.41, 5.74) is 5.56. The first-order valence-corrected chi connectivity index (χ1v) is 5.28. The van der Waals surface area contributed by atoms with Gasteiger partial charge in [0.15, 0.2) is 0 Å². The van der Waals surface area contributed by atoms with Gasteiger partial charge in [0.1, 0.15) is 0 Å². The van der Waals surface area contributed by atoms with Crippen LogP contribution in [0.15, 0.2) is 0 Å². The number of carbonyl (C=O) groups excluding carboxylic acids is 1. The molecule has 82 valence electrons. The Morgan fingerprint density at radius 3 is 2.64 bits per heavy atom. The predicted octanol–water partition coefficient (Wildman–Crippen LogP) is 0.0955. The van der Waals surface area contributed by atoms with Crippen LogP contribution in [-0.2, 0) is 4.79 Å². The molecule has 1 aliphatic heterocycles. The van der Waals surface area contributed by atoms with Gasteiger partial charge < -0.3 is 15.7 Å². The summed E-state index contributed by atoms with van der Waals surface area (Å²) in [6.07, 6.45) is 2.52. The molecular weight excluding hydrogens is 180 g/mol. The number of likely N-dealkylation sites (tertiary alicyclic amines) is 1. The minimum absolute atomic E-state index is 0.0396. The Morgan fingerprint density at radius 2 is 2.14 bits per heavy atom. The van der Waals surface area contributed by atoms with Crippen LogP contribution in [0, 0.1) is 0 Å². The fourth-order valence-corrected chi connectivity index (χ4v) is 1.99. The molecule has 1 rings (SSSR count). The molecule has 1 fully saturated rings. The summed E-state index contributed by atoms with van der Waals surface area (Å²) in [5.74, 6) is -0.0457. The van der Waals surface area contributed by atoms with E-state index in [1.54, 1.807) is 18.7 Å². The van der Waals surface area contributed by atoms with Gasteiger partial charge in [0, 0.05) is 6.54 Å². The van der Waals surface area contributed by atoms with E-state index in [1.165, 1.54) is 0 Å². The molecule has 14 heavy (non-hydrogen) atoms. The molecule has 0 aromatic carbocycles. The lowest BCUT2D eigenvalue weighted by atomic mass is 9.97. The van der Waals surface area contributed by atoms with Crippen molar-refractivity contribution in [1.82, 2.24) is 4.90 Å². The van der Waals surface area contributed by atoms with E-state index >= 15 is 0 Å². The van der Waals surface area contributed by atoms with Gasteiger partial charge in [-0.1, -0.05) is 0 Å². The minimum atomic E-state index is -0.464. The van der Waals surface area contributed by atoms with Gasteiger partial charge in [-0.15, -0.1) is 0 Å². The molecule has 3 N–H and O–H groups in total. The first kappa shape index (κ1) is 11.5. The van der Waals surface area contributed by atoms with Gasteiger partial charge in [-0.25, -0.2) is 0 Å².